The Hall–Kier alpha value is -1.36. The molecule has 0 aromatic rings. The van der Waals surface area contributed by atoms with Crippen molar-refractivity contribution in [2.45, 2.75) is 65.5 Å². The van der Waals surface area contributed by atoms with Crippen molar-refractivity contribution >= 4 is 11.8 Å². The van der Waals surface area contributed by atoms with Gasteiger partial charge in [0.25, 0.3) is 0 Å². The number of piperidine rings is 1. The summed E-state index contributed by atoms with van der Waals surface area (Å²) in [5.41, 5.74) is 6.36. The Balaban J connectivity index is 3.17. The van der Waals surface area contributed by atoms with Crippen molar-refractivity contribution in [3.63, 3.8) is 0 Å². The molecule has 5 heteroatoms. The summed E-state index contributed by atoms with van der Waals surface area (Å²) < 4.78 is 4.97. The summed E-state index contributed by atoms with van der Waals surface area (Å²) in [6.45, 7) is 11.7. The molecule has 0 radical (unpaired) electrons. The van der Waals surface area contributed by atoms with E-state index in [2.05, 4.69) is 33.0 Å². The zero-order chi connectivity index (χ0) is 16.4. The number of esters is 1. The lowest BCUT2D eigenvalue weighted by Crippen LogP contribution is -2.58. The van der Waals surface area contributed by atoms with E-state index in [1.54, 1.807) is 6.92 Å². The molecule has 1 fully saturated rings. The monoisotopic (exact) mass is 296 g/mol. The van der Waals surface area contributed by atoms with Gasteiger partial charge in [-0.1, -0.05) is 0 Å². The summed E-state index contributed by atoms with van der Waals surface area (Å²) in [4.78, 5) is 23.8. The molecule has 1 aliphatic heterocycles. The molecule has 1 rings (SSSR count). The third kappa shape index (κ3) is 4.56. The predicted molar refractivity (Wildman–Crippen MR) is 82.5 cm³/mol. The third-order valence-electron chi connectivity index (χ3n) is 3.75. The van der Waals surface area contributed by atoms with Crippen molar-refractivity contribution in [1.29, 1.82) is 0 Å². The van der Waals surface area contributed by atoms with Gasteiger partial charge < -0.3 is 15.8 Å². The van der Waals surface area contributed by atoms with Crippen molar-refractivity contribution in [2.24, 2.45) is 11.7 Å². The van der Waals surface area contributed by atoms with E-state index in [1.807, 2.05) is 0 Å². The molecule has 3 N–H and O–H groups in total. The van der Waals surface area contributed by atoms with Gasteiger partial charge in [0.15, 0.2) is 5.78 Å². The van der Waals surface area contributed by atoms with Gasteiger partial charge in [0.1, 0.15) is 5.57 Å². The summed E-state index contributed by atoms with van der Waals surface area (Å²) in [6, 6.07) is 0. The first-order valence-electron chi connectivity index (χ1n) is 7.46. The number of allylic oxidation sites excluding steroid dienone is 1. The van der Waals surface area contributed by atoms with Crippen molar-refractivity contribution < 1.29 is 14.3 Å². The van der Waals surface area contributed by atoms with Gasteiger partial charge in [-0.25, -0.2) is 4.79 Å². The minimum atomic E-state index is -0.614. The number of hydrogen-bond donors (Lipinski definition) is 2. The molecule has 1 saturated heterocycles. The van der Waals surface area contributed by atoms with Gasteiger partial charge in [0.05, 0.1) is 6.61 Å². The van der Waals surface area contributed by atoms with Crippen LogP contribution in [0.25, 0.3) is 0 Å². The highest BCUT2D eigenvalue weighted by atomic mass is 16.5. The van der Waals surface area contributed by atoms with E-state index >= 15 is 0 Å². The highest BCUT2D eigenvalue weighted by Gasteiger charge is 2.40. The molecule has 120 valence electrons. The Morgan fingerprint density at radius 2 is 1.67 bits per heavy atom. The zero-order valence-electron chi connectivity index (χ0n) is 14.0. The quantitative estimate of drug-likeness (QED) is 0.358. The Morgan fingerprint density at radius 3 is 2.05 bits per heavy atom. The lowest BCUT2D eigenvalue weighted by molar-refractivity contribution is -0.140. The maximum atomic E-state index is 12.0. The SMILES string of the molecule is CCOC(=O)C(C(C)=O)=C(N)C1CC(C)(C)NC(C)(C)C1. The number of nitrogens with one attached hydrogen (secondary N) is 1. The molecule has 0 unspecified atom stereocenters. The lowest BCUT2D eigenvalue weighted by Gasteiger charge is -2.46. The molecule has 0 atom stereocenters. The van der Waals surface area contributed by atoms with Gasteiger partial charge in [0, 0.05) is 22.7 Å². The largest absolute Gasteiger partial charge is 0.462 e. The van der Waals surface area contributed by atoms with Crippen LogP contribution in [0, 0.1) is 5.92 Å². The van der Waals surface area contributed by atoms with Crippen LogP contribution in [-0.2, 0) is 14.3 Å². The molecule has 21 heavy (non-hydrogen) atoms. The maximum Gasteiger partial charge on any atom is 0.343 e. The van der Waals surface area contributed by atoms with Crippen LogP contribution in [0.4, 0.5) is 0 Å². The summed E-state index contributed by atoms with van der Waals surface area (Å²) in [5.74, 6) is -0.962. The molecular formula is C16H28N2O3. The van der Waals surface area contributed by atoms with Crippen LogP contribution >= 0.6 is 0 Å². The Labute approximate surface area is 127 Å². The van der Waals surface area contributed by atoms with E-state index in [-0.39, 0.29) is 35.0 Å². The number of carbonyl (C=O) groups excluding carboxylic acids is 2. The summed E-state index contributed by atoms with van der Waals surface area (Å²) in [5, 5.41) is 3.56. The number of nitrogens with two attached hydrogens (primary N) is 1. The maximum absolute atomic E-state index is 12.0. The highest BCUT2D eigenvalue weighted by molar-refractivity contribution is 6.17. The van der Waals surface area contributed by atoms with Gasteiger partial charge in [-0.3, -0.25) is 4.79 Å². The van der Waals surface area contributed by atoms with Gasteiger partial charge in [-0.2, -0.15) is 0 Å². The van der Waals surface area contributed by atoms with Crippen LogP contribution < -0.4 is 11.1 Å². The second-order valence-electron chi connectivity index (χ2n) is 7.10. The number of hydrogen-bond acceptors (Lipinski definition) is 5. The van der Waals surface area contributed by atoms with Gasteiger partial charge in [-0.05, 0) is 54.4 Å². The molecular weight excluding hydrogens is 268 g/mol. The number of carbonyl (C=O) groups is 2. The lowest BCUT2D eigenvalue weighted by atomic mass is 9.74. The molecule has 0 bridgehead atoms. The minimum Gasteiger partial charge on any atom is -0.462 e. The first kappa shape index (κ1) is 17.7. The van der Waals surface area contributed by atoms with Crippen LogP contribution in [0.3, 0.4) is 0 Å². The molecule has 0 amide bonds. The summed E-state index contributed by atoms with van der Waals surface area (Å²) in [6.07, 6.45) is 1.55. The molecule has 0 saturated carbocycles. The fourth-order valence-electron chi connectivity index (χ4n) is 3.41. The second-order valence-corrected chi connectivity index (χ2v) is 7.10. The fourth-order valence-corrected chi connectivity index (χ4v) is 3.41. The van der Waals surface area contributed by atoms with Crippen LogP contribution in [0.15, 0.2) is 11.3 Å². The standard InChI is InChI=1S/C16H28N2O3/c1-7-21-14(20)12(10(2)19)13(17)11-8-15(3,4)18-16(5,6)9-11/h11,18H,7-9,17H2,1-6H3. The Kier molecular flexibility index (Phi) is 5.20. The molecule has 1 heterocycles. The Morgan fingerprint density at radius 1 is 1.19 bits per heavy atom. The van der Waals surface area contributed by atoms with Crippen LogP contribution in [0.5, 0.6) is 0 Å². The van der Waals surface area contributed by atoms with E-state index in [0.29, 0.717) is 5.70 Å². The third-order valence-corrected chi connectivity index (χ3v) is 3.75. The van der Waals surface area contributed by atoms with Crippen molar-refractivity contribution in [2.75, 3.05) is 6.61 Å². The Bertz CT molecular complexity index is 448. The van der Waals surface area contributed by atoms with Crippen molar-refractivity contribution in [1.82, 2.24) is 5.32 Å². The molecule has 1 aliphatic rings. The number of Topliss-reactive ketones (excluding diaryl/α,β-unsaturated/α-hetero) is 1. The molecule has 0 aromatic heterocycles. The summed E-state index contributed by atoms with van der Waals surface area (Å²) in [7, 11) is 0. The fraction of sp³-hybridized carbons (Fsp3) is 0.750. The molecule has 5 nitrogen and oxygen atoms in total. The van der Waals surface area contributed by atoms with E-state index < -0.39 is 5.97 Å². The molecule has 0 aliphatic carbocycles. The smallest absolute Gasteiger partial charge is 0.343 e. The predicted octanol–water partition coefficient (Wildman–Crippen LogP) is 1.91. The molecule has 0 aromatic carbocycles. The first-order chi connectivity index (χ1) is 9.49. The van der Waals surface area contributed by atoms with Crippen LogP contribution in [0.1, 0.15) is 54.4 Å². The average Bonchev–Trinajstić information content (AvgIpc) is 2.24. The zero-order valence-corrected chi connectivity index (χ0v) is 14.0. The molecule has 0 spiro atoms. The van der Waals surface area contributed by atoms with Crippen molar-refractivity contribution in [3.8, 4) is 0 Å². The topological polar surface area (TPSA) is 81.4 Å². The number of rotatable bonds is 4. The first-order valence-corrected chi connectivity index (χ1v) is 7.46. The van der Waals surface area contributed by atoms with Crippen LogP contribution in [0.2, 0.25) is 0 Å². The van der Waals surface area contributed by atoms with E-state index in [1.165, 1.54) is 6.92 Å². The second kappa shape index (κ2) is 6.18. The highest BCUT2D eigenvalue weighted by Crippen LogP contribution is 2.36. The van der Waals surface area contributed by atoms with Crippen LogP contribution in [-0.4, -0.2) is 29.4 Å². The van der Waals surface area contributed by atoms with Crippen molar-refractivity contribution in [3.05, 3.63) is 11.3 Å². The van der Waals surface area contributed by atoms with E-state index in [0.717, 1.165) is 12.8 Å². The average molecular weight is 296 g/mol. The number of ether oxygens (including phenoxy) is 1. The normalized spacial score (nSPS) is 22.4. The van der Waals surface area contributed by atoms with Gasteiger partial charge in [0.2, 0.25) is 0 Å². The minimum absolute atomic E-state index is 0.00958. The number of ketones is 1. The van der Waals surface area contributed by atoms with E-state index in [4.69, 9.17) is 10.5 Å². The van der Waals surface area contributed by atoms with Gasteiger partial charge >= 0.3 is 5.97 Å². The summed E-state index contributed by atoms with van der Waals surface area (Å²) >= 11 is 0. The van der Waals surface area contributed by atoms with Gasteiger partial charge in [-0.15, -0.1) is 0 Å². The van der Waals surface area contributed by atoms with E-state index in [9.17, 15) is 9.59 Å².